The van der Waals surface area contributed by atoms with Gasteiger partial charge in [0.25, 0.3) is 0 Å². The van der Waals surface area contributed by atoms with Crippen LogP contribution in [0.2, 0.25) is 0 Å². The third-order valence-corrected chi connectivity index (χ3v) is 3.44. The first-order valence-electron chi connectivity index (χ1n) is 6.90. The van der Waals surface area contributed by atoms with Gasteiger partial charge in [0.2, 0.25) is 5.91 Å². The highest BCUT2D eigenvalue weighted by Crippen LogP contribution is 2.20. The van der Waals surface area contributed by atoms with Crippen LogP contribution < -0.4 is 5.32 Å². The third-order valence-electron chi connectivity index (χ3n) is 3.44. The Kier molecular flexibility index (Phi) is 4.62. The smallest absolute Gasteiger partial charge is 0.307 e. The zero-order valence-corrected chi connectivity index (χ0v) is 12.6. The number of esters is 1. The molecule has 21 heavy (non-hydrogen) atoms. The van der Waals surface area contributed by atoms with Crippen LogP contribution >= 0.6 is 0 Å². The molecule has 1 atom stereocenters. The zero-order valence-electron chi connectivity index (χ0n) is 12.6. The lowest BCUT2D eigenvalue weighted by molar-refractivity contribution is -0.141. The molecule has 0 fully saturated rings. The molecule has 2 aromatic rings. The largest absolute Gasteiger partial charge is 0.469 e. The van der Waals surface area contributed by atoms with E-state index in [9.17, 15) is 9.59 Å². The lowest BCUT2D eigenvalue weighted by Gasteiger charge is -2.12. The van der Waals surface area contributed by atoms with Crippen LogP contribution in [0.15, 0.2) is 30.5 Å². The van der Waals surface area contributed by atoms with Gasteiger partial charge < -0.3 is 14.6 Å². The van der Waals surface area contributed by atoms with Crippen molar-refractivity contribution >= 4 is 22.8 Å². The number of aryl methyl sites for hydroxylation is 1. The number of nitrogens with one attached hydrogen (secondary N) is 1. The molecule has 0 saturated carbocycles. The van der Waals surface area contributed by atoms with Crippen LogP contribution in [0.3, 0.4) is 0 Å². The topological polar surface area (TPSA) is 60.3 Å². The summed E-state index contributed by atoms with van der Waals surface area (Å²) in [6.07, 6.45) is 2.44. The molecule has 1 amide bonds. The molecule has 1 aromatic heterocycles. The molecule has 0 aliphatic heterocycles. The van der Waals surface area contributed by atoms with E-state index < -0.39 is 0 Å². The van der Waals surface area contributed by atoms with E-state index in [2.05, 4.69) is 10.1 Å². The first-order valence-corrected chi connectivity index (χ1v) is 6.90. The number of amides is 1. The molecule has 0 radical (unpaired) electrons. The Hall–Kier alpha value is -2.30. The number of hydrogen-bond acceptors (Lipinski definition) is 3. The fraction of sp³-hybridized carbons (Fsp3) is 0.375. The maximum Gasteiger partial charge on any atom is 0.307 e. The third kappa shape index (κ3) is 3.62. The number of benzene rings is 1. The van der Waals surface area contributed by atoms with Gasteiger partial charge in [-0.15, -0.1) is 0 Å². The van der Waals surface area contributed by atoms with E-state index in [1.54, 1.807) is 6.92 Å². The summed E-state index contributed by atoms with van der Waals surface area (Å²) in [6, 6.07) is 7.74. The predicted octanol–water partition coefficient (Wildman–Crippen LogP) is 1.79. The lowest BCUT2D eigenvalue weighted by Crippen LogP contribution is -2.35. The second kappa shape index (κ2) is 6.43. The number of para-hydroxylation sites is 1. The summed E-state index contributed by atoms with van der Waals surface area (Å²) in [5.41, 5.74) is 2.08. The first kappa shape index (κ1) is 15.1. The SMILES string of the molecule is COC(=O)C[C@H](C)NC(=O)Cc1cn(C)c2ccccc12. The van der Waals surface area contributed by atoms with Crippen LogP contribution in [-0.4, -0.2) is 29.6 Å². The van der Waals surface area contributed by atoms with Gasteiger partial charge in [0.05, 0.1) is 20.0 Å². The van der Waals surface area contributed by atoms with Gasteiger partial charge in [0.15, 0.2) is 0 Å². The molecular weight excluding hydrogens is 268 g/mol. The highest BCUT2D eigenvalue weighted by Gasteiger charge is 2.14. The van der Waals surface area contributed by atoms with E-state index in [4.69, 9.17) is 0 Å². The van der Waals surface area contributed by atoms with E-state index in [1.165, 1.54) is 7.11 Å². The number of carbonyl (C=O) groups excluding carboxylic acids is 2. The summed E-state index contributed by atoms with van der Waals surface area (Å²) in [5.74, 6) is -0.421. The van der Waals surface area contributed by atoms with Crippen LogP contribution in [0, 0.1) is 0 Å². The summed E-state index contributed by atoms with van der Waals surface area (Å²) in [5, 5.41) is 3.90. The van der Waals surface area contributed by atoms with Crippen molar-refractivity contribution in [1.29, 1.82) is 0 Å². The Morgan fingerprint density at radius 2 is 2.05 bits per heavy atom. The number of rotatable bonds is 5. The molecule has 0 unspecified atom stereocenters. The number of carbonyl (C=O) groups is 2. The van der Waals surface area contributed by atoms with Crippen molar-refractivity contribution in [1.82, 2.24) is 9.88 Å². The summed E-state index contributed by atoms with van der Waals surface area (Å²) < 4.78 is 6.60. The van der Waals surface area contributed by atoms with Gasteiger partial charge in [-0.25, -0.2) is 0 Å². The number of aromatic nitrogens is 1. The quantitative estimate of drug-likeness (QED) is 0.853. The first-order chi connectivity index (χ1) is 10.0. The molecule has 1 heterocycles. The van der Waals surface area contributed by atoms with Crippen molar-refractivity contribution in [3.63, 3.8) is 0 Å². The van der Waals surface area contributed by atoms with E-state index >= 15 is 0 Å². The second-order valence-electron chi connectivity index (χ2n) is 5.21. The summed E-state index contributed by atoms with van der Waals surface area (Å²) in [7, 11) is 3.30. The van der Waals surface area contributed by atoms with Gasteiger partial charge >= 0.3 is 5.97 Å². The minimum atomic E-state index is -0.326. The van der Waals surface area contributed by atoms with Gasteiger partial charge in [-0.1, -0.05) is 18.2 Å². The monoisotopic (exact) mass is 288 g/mol. The van der Waals surface area contributed by atoms with Crippen LogP contribution in [0.1, 0.15) is 18.9 Å². The molecule has 1 N–H and O–H groups in total. The molecule has 1 aromatic carbocycles. The predicted molar refractivity (Wildman–Crippen MR) is 80.9 cm³/mol. The Morgan fingerprint density at radius 1 is 1.33 bits per heavy atom. The maximum atomic E-state index is 12.1. The standard InChI is InChI=1S/C16H20N2O3/c1-11(8-16(20)21-3)17-15(19)9-12-10-18(2)14-7-5-4-6-13(12)14/h4-7,10-11H,8-9H2,1-3H3,(H,17,19)/t11-/m0/s1. The van der Waals surface area contributed by atoms with Crippen LogP contribution in [0.4, 0.5) is 0 Å². The fourth-order valence-electron chi connectivity index (χ4n) is 2.45. The molecule has 0 bridgehead atoms. The molecular formula is C16H20N2O3. The highest BCUT2D eigenvalue weighted by molar-refractivity contribution is 5.89. The number of hydrogen-bond donors (Lipinski definition) is 1. The molecule has 5 nitrogen and oxygen atoms in total. The molecule has 0 spiro atoms. The minimum Gasteiger partial charge on any atom is -0.469 e. The Labute approximate surface area is 123 Å². The number of methoxy groups -OCH3 is 1. The van der Waals surface area contributed by atoms with Gasteiger partial charge in [-0.3, -0.25) is 9.59 Å². The fourth-order valence-corrected chi connectivity index (χ4v) is 2.45. The van der Waals surface area contributed by atoms with Gasteiger partial charge in [0, 0.05) is 30.2 Å². The summed E-state index contributed by atoms with van der Waals surface area (Å²) in [4.78, 5) is 23.2. The molecule has 2 rings (SSSR count). The van der Waals surface area contributed by atoms with Crippen molar-refractivity contribution in [2.75, 3.05) is 7.11 Å². The van der Waals surface area contributed by atoms with Gasteiger partial charge in [0.1, 0.15) is 0 Å². The second-order valence-corrected chi connectivity index (χ2v) is 5.21. The summed E-state index contributed by atoms with van der Waals surface area (Å²) >= 11 is 0. The number of fused-ring (bicyclic) bond motifs is 1. The normalized spacial score (nSPS) is 12.1. The zero-order chi connectivity index (χ0) is 15.4. The van der Waals surface area contributed by atoms with Crippen molar-refractivity contribution in [3.8, 4) is 0 Å². The number of nitrogens with zero attached hydrogens (tertiary/aromatic N) is 1. The van der Waals surface area contributed by atoms with Gasteiger partial charge in [-0.2, -0.15) is 0 Å². The number of ether oxygens (including phenoxy) is 1. The van der Waals surface area contributed by atoms with Crippen molar-refractivity contribution < 1.29 is 14.3 Å². The van der Waals surface area contributed by atoms with E-state index in [0.717, 1.165) is 16.5 Å². The average molecular weight is 288 g/mol. The van der Waals surface area contributed by atoms with Crippen molar-refractivity contribution in [2.24, 2.45) is 7.05 Å². The Balaban J connectivity index is 2.03. The molecule has 0 aliphatic rings. The Bertz CT molecular complexity index is 661. The molecule has 5 heteroatoms. The highest BCUT2D eigenvalue weighted by atomic mass is 16.5. The van der Waals surface area contributed by atoms with E-state index in [-0.39, 0.29) is 24.3 Å². The molecule has 0 aliphatic carbocycles. The Morgan fingerprint density at radius 3 is 2.76 bits per heavy atom. The van der Waals surface area contributed by atoms with Crippen LogP contribution in [0.25, 0.3) is 10.9 Å². The van der Waals surface area contributed by atoms with E-state index in [1.807, 2.05) is 42.1 Å². The minimum absolute atomic E-state index is 0.0947. The van der Waals surface area contributed by atoms with Crippen molar-refractivity contribution in [3.05, 3.63) is 36.0 Å². The van der Waals surface area contributed by atoms with Crippen LogP contribution in [-0.2, 0) is 27.8 Å². The van der Waals surface area contributed by atoms with Crippen molar-refractivity contribution in [2.45, 2.75) is 25.8 Å². The lowest BCUT2D eigenvalue weighted by atomic mass is 10.1. The average Bonchev–Trinajstić information content (AvgIpc) is 2.75. The van der Waals surface area contributed by atoms with Gasteiger partial charge in [-0.05, 0) is 18.6 Å². The summed E-state index contributed by atoms with van der Waals surface area (Å²) in [6.45, 7) is 1.79. The molecule has 112 valence electrons. The maximum absolute atomic E-state index is 12.1. The molecule has 0 saturated heterocycles. The van der Waals surface area contributed by atoms with Crippen LogP contribution in [0.5, 0.6) is 0 Å². The van der Waals surface area contributed by atoms with E-state index in [0.29, 0.717) is 6.42 Å².